The van der Waals surface area contributed by atoms with Gasteiger partial charge in [-0.3, -0.25) is 9.52 Å². The molecular formula is C27H24N2O4S. The van der Waals surface area contributed by atoms with Crippen LogP contribution < -0.4 is 14.8 Å². The van der Waals surface area contributed by atoms with Gasteiger partial charge in [-0.25, -0.2) is 8.42 Å². The highest BCUT2D eigenvalue weighted by Crippen LogP contribution is 2.23. The predicted molar refractivity (Wildman–Crippen MR) is 134 cm³/mol. The number of amides is 1. The minimum absolute atomic E-state index is 0.0946. The summed E-state index contributed by atoms with van der Waals surface area (Å²) in [5.74, 6) is 0.237. The second kappa shape index (κ2) is 10.2. The number of anilines is 2. The standard InChI is InChI=1S/C27H24N2O4S/c1-20(33-25-16-12-22(13-17-25)21-8-4-2-5-9-21)27(30)28-23-14-18-26(19-15-23)34(31,32)29-24-10-6-3-7-11-24/h2-20,29H,1H3,(H,28,30). The minimum atomic E-state index is -3.73. The van der Waals surface area contributed by atoms with Gasteiger partial charge < -0.3 is 10.1 Å². The van der Waals surface area contributed by atoms with Gasteiger partial charge in [0.1, 0.15) is 5.75 Å². The Morgan fingerprint density at radius 1 is 0.706 bits per heavy atom. The highest BCUT2D eigenvalue weighted by Gasteiger charge is 2.17. The highest BCUT2D eigenvalue weighted by molar-refractivity contribution is 7.92. The zero-order valence-electron chi connectivity index (χ0n) is 18.5. The summed E-state index contributed by atoms with van der Waals surface area (Å²) in [7, 11) is -3.73. The number of sulfonamides is 1. The third-order valence-corrected chi connectivity index (χ3v) is 6.50. The van der Waals surface area contributed by atoms with E-state index in [9.17, 15) is 13.2 Å². The molecule has 4 rings (SSSR count). The van der Waals surface area contributed by atoms with E-state index in [1.165, 1.54) is 12.1 Å². The summed E-state index contributed by atoms with van der Waals surface area (Å²) in [6.07, 6.45) is -0.745. The number of nitrogens with one attached hydrogen (secondary N) is 2. The molecule has 1 unspecified atom stereocenters. The SMILES string of the molecule is CC(Oc1ccc(-c2ccccc2)cc1)C(=O)Nc1ccc(S(=O)(=O)Nc2ccccc2)cc1. The first-order valence-electron chi connectivity index (χ1n) is 10.7. The Bertz CT molecular complexity index is 1340. The second-order valence-corrected chi connectivity index (χ2v) is 9.32. The second-order valence-electron chi connectivity index (χ2n) is 7.64. The predicted octanol–water partition coefficient (Wildman–Crippen LogP) is 5.56. The van der Waals surface area contributed by atoms with Crippen molar-refractivity contribution < 1.29 is 17.9 Å². The van der Waals surface area contributed by atoms with Gasteiger partial charge >= 0.3 is 0 Å². The van der Waals surface area contributed by atoms with Gasteiger partial charge in [0.05, 0.1) is 4.90 Å². The number of hydrogen-bond acceptors (Lipinski definition) is 4. The van der Waals surface area contributed by atoms with Gasteiger partial charge in [-0.05, 0) is 66.6 Å². The lowest BCUT2D eigenvalue weighted by atomic mass is 10.1. The first-order chi connectivity index (χ1) is 16.4. The molecule has 0 bridgehead atoms. The Hall–Kier alpha value is -4.10. The lowest BCUT2D eigenvalue weighted by Crippen LogP contribution is -2.30. The molecule has 0 saturated carbocycles. The Labute approximate surface area is 199 Å². The van der Waals surface area contributed by atoms with Gasteiger partial charge in [0.15, 0.2) is 6.10 Å². The molecule has 0 saturated heterocycles. The van der Waals surface area contributed by atoms with E-state index in [1.807, 2.05) is 54.6 Å². The van der Waals surface area contributed by atoms with Crippen LogP contribution in [0.1, 0.15) is 6.92 Å². The quantitative estimate of drug-likeness (QED) is 0.352. The Morgan fingerprint density at radius 3 is 1.88 bits per heavy atom. The molecule has 0 aliphatic carbocycles. The largest absolute Gasteiger partial charge is 0.481 e. The molecule has 34 heavy (non-hydrogen) atoms. The van der Waals surface area contributed by atoms with Crippen molar-refractivity contribution in [3.63, 3.8) is 0 Å². The monoisotopic (exact) mass is 472 g/mol. The number of para-hydroxylation sites is 1. The summed E-state index contributed by atoms with van der Waals surface area (Å²) in [6, 6.07) is 32.1. The maximum Gasteiger partial charge on any atom is 0.265 e. The zero-order valence-corrected chi connectivity index (χ0v) is 19.3. The molecule has 7 heteroatoms. The van der Waals surface area contributed by atoms with Crippen molar-refractivity contribution in [2.75, 3.05) is 10.0 Å². The number of ether oxygens (including phenoxy) is 1. The summed E-state index contributed by atoms with van der Waals surface area (Å²) in [6.45, 7) is 1.66. The summed E-state index contributed by atoms with van der Waals surface area (Å²) in [5, 5.41) is 2.75. The lowest BCUT2D eigenvalue weighted by molar-refractivity contribution is -0.122. The van der Waals surface area contributed by atoms with Crippen LogP contribution in [0.15, 0.2) is 114 Å². The molecule has 0 spiro atoms. The Kier molecular flexibility index (Phi) is 6.94. The van der Waals surface area contributed by atoms with E-state index in [1.54, 1.807) is 49.4 Å². The molecule has 0 aliphatic rings. The molecule has 2 N–H and O–H groups in total. The highest BCUT2D eigenvalue weighted by atomic mass is 32.2. The first-order valence-corrected chi connectivity index (χ1v) is 12.2. The molecule has 0 aliphatic heterocycles. The van der Waals surface area contributed by atoms with Gasteiger partial charge in [0.25, 0.3) is 15.9 Å². The minimum Gasteiger partial charge on any atom is -0.481 e. The van der Waals surface area contributed by atoms with E-state index in [4.69, 9.17) is 4.74 Å². The molecule has 172 valence electrons. The van der Waals surface area contributed by atoms with Crippen LogP contribution in [0.5, 0.6) is 5.75 Å². The van der Waals surface area contributed by atoms with E-state index in [0.717, 1.165) is 11.1 Å². The van der Waals surface area contributed by atoms with Crippen LogP contribution in [0, 0.1) is 0 Å². The van der Waals surface area contributed by atoms with Gasteiger partial charge in [0, 0.05) is 11.4 Å². The topological polar surface area (TPSA) is 84.5 Å². The van der Waals surface area contributed by atoms with Crippen LogP contribution in [-0.2, 0) is 14.8 Å². The summed E-state index contributed by atoms with van der Waals surface area (Å²) in [4.78, 5) is 12.7. The van der Waals surface area contributed by atoms with Crippen LogP contribution in [0.25, 0.3) is 11.1 Å². The van der Waals surface area contributed by atoms with Crippen molar-refractivity contribution in [3.05, 3.63) is 109 Å². The van der Waals surface area contributed by atoms with Crippen LogP contribution in [0.4, 0.5) is 11.4 Å². The molecule has 4 aromatic carbocycles. The van der Waals surface area contributed by atoms with E-state index >= 15 is 0 Å². The van der Waals surface area contributed by atoms with Crippen molar-refractivity contribution in [2.24, 2.45) is 0 Å². The average Bonchev–Trinajstić information content (AvgIpc) is 2.86. The number of benzene rings is 4. The molecule has 0 fully saturated rings. The van der Waals surface area contributed by atoms with Crippen LogP contribution >= 0.6 is 0 Å². The zero-order chi connectivity index (χ0) is 24.0. The normalized spacial score (nSPS) is 11.9. The van der Waals surface area contributed by atoms with Crippen molar-refractivity contribution in [3.8, 4) is 16.9 Å². The number of carbonyl (C=O) groups excluding carboxylic acids is 1. The van der Waals surface area contributed by atoms with Gasteiger partial charge in [0.2, 0.25) is 0 Å². The maximum atomic E-state index is 12.6. The van der Waals surface area contributed by atoms with Crippen LogP contribution in [-0.4, -0.2) is 20.4 Å². The first kappa shape index (κ1) is 23.1. The fraction of sp³-hybridized carbons (Fsp3) is 0.0741. The Morgan fingerprint density at radius 2 is 1.26 bits per heavy atom. The molecule has 0 aromatic heterocycles. The third kappa shape index (κ3) is 5.82. The summed E-state index contributed by atoms with van der Waals surface area (Å²) in [5.41, 5.74) is 3.10. The van der Waals surface area contributed by atoms with Gasteiger partial charge in [-0.15, -0.1) is 0 Å². The van der Waals surface area contributed by atoms with E-state index in [0.29, 0.717) is 17.1 Å². The third-order valence-electron chi connectivity index (χ3n) is 5.10. The van der Waals surface area contributed by atoms with Crippen LogP contribution in [0.3, 0.4) is 0 Å². The molecule has 0 radical (unpaired) electrons. The molecule has 1 amide bonds. The fourth-order valence-electron chi connectivity index (χ4n) is 3.30. The molecule has 0 heterocycles. The van der Waals surface area contributed by atoms with Gasteiger partial charge in [-0.2, -0.15) is 0 Å². The Balaban J connectivity index is 1.35. The number of hydrogen-bond donors (Lipinski definition) is 2. The van der Waals surface area contributed by atoms with Crippen LogP contribution in [0.2, 0.25) is 0 Å². The molecule has 1 atom stereocenters. The fourth-order valence-corrected chi connectivity index (χ4v) is 4.35. The van der Waals surface area contributed by atoms with Crippen molar-refractivity contribution in [2.45, 2.75) is 17.9 Å². The number of rotatable bonds is 8. The van der Waals surface area contributed by atoms with Crippen molar-refractivity contribution in [1.29, 1.82) is 0 Å². The van der Waals surface area contributed by atoms with E-state index in [-0.39, 0.29) is 10.8 Å². The number of carbonyl (C=O) groups is 1. The summed E-state index contributed by atoms with van der Waals surface area (Å²) < 4.78 is 33.4. The van der Waals surface area contributed by atoms with E-state index in [2.05, 4.69) is 10.0 Å². The molecule has 4 aromatic rings. The van der Waals surface area contributed by atoms with Crippen molar-refractivity contribution >= 4 is 27.3 Å². The smallest absolute Gasteiger partial charge is 0.265 e. The van der Waals surface area contributed by atoms with E-state index < -0.39 is 16.1 Å². The average molecular weight is 473 g/mol. The maximum absolute atomic E-state index is 12.6. The lowest BCUT2D eigenvalue weighted by Gasteiger charge is -2.15. The molecular weight excluding hydrogens is 448 g/mol. The van der Waals surface area contributed by atoms with Crippen molar-refractivity contribution in [1.82, 2.24) is 0 Å². The van der Waals surface area contributed by atoms with Gasteiger partial charge in [-0.1, -0.05) is 60.7 Å². The summed E-state index contributed by atoms with van der Waals surface area (Å²) >= 11 is 0. The molecule has 6 nitrogen and oxygen atoms in total.